The molecule has 4 aromatic rings. The number of carbonyl (C=O) groups excluding carboxylic acids is 2. The van der Waals surface area contributed by atoms with E-state index in [4.69, 9.17) is 4.42 Å². The molecule has 15 nitrogen and oxygen atoms in total. The van der Waals surface area contributed by atoms with Crippen molar-refractivity contribution in [1.29, 1.82) is 0 Å². The fourth-order valence-electron chi connectivity index (χ4n) is 7.65. The van der Waals surface area contributed by atoms with Crippen LogP contribution in [0, 0.1) is 5.92 Å². The van der Waals surface area contributed by atoms with Crippen molar-refractivity contribution in [1.82, 2.24) is 19.5 Å². The van der Waals surface area contributed by atoms with Gasteiger partial charge in [0.2, 0.25) is 21.3 Å². The van der Waals surface area contributed by atoms with E-state index in [2.05, 4.69) is 20.3 Å². The van der Waals surface area contributed by atoms with Gasteiger partial charge in [0, 0.05) is 100.0 Å². The minimum absolute atomic E-state index is 0.0323. The summed E-state index contributed by atoms with van der Waals surface area (Å²) in [7, 11) is 7.80. The second-order valence-corrected chi connectivity index (χ2v) is 18.2. The molecule has 0 spiro atoms. The zero-order chi connectivity index (χ0) is 45.7. The first-order valence-electron chi connectivity index (χ1n) is 21.0. The largest absolute Gasteiger partial charge is 0.481 e. The standard InChI is InChI=1S/C48H52N8O7S/c1-53(2)35-12-8-33(9-13-35)51-52-34-10-16-38(17-11-34)64(61,62)50-24-23-49-45(57)28-31-7-18-39(47(58)56-25-21-32(22-26-56)48(59)60)42(27-31)46-40-19-14-36(54(3)4)29-43(40)63-44-30-37(55(5)6)15-20-41(44)46/h7-20,27,29-30,32,50H,21-26,28H2,1-6H3,(H-,49,57,59,60)/p+1/b52-51+. The molecule has 2 aliphatic heterocycles. The van der Waals surface area contributed by atoms with Crippen LogP contribution >= 0.6 is 0 Å². The van der Waals surface area contributed by atoms with Gasteiger partial charge in [0.1, 0.15) is 25.4 Å². The maximum Gasteiger partial charge on any atom is 0.306 e. The van der Waals surface area contributed by atoms with Crippen molar-refractivity contribution in [3.63, 3.8) is 0 Å². The van der Waals surface area contributed by atoms with Crippen molar-refractivity contribution < 1.29 is 32.3 Å². The van der Waals surface area contributed by atoms with E-state index in [1.807, 2.05) is 123 Å². The van der Waals surface area contributed by atoms with Gasteiger partial charge in [-0.2, -0.15) is 10.2 Å². The monoisotopic (exact) mass is 885 g/mol. The topological polar surface area (TPSA) is 180 Å². The van der Waals surface area contributed by atoms with Gasteiger partial charge in [0.05, 0.1) is 34.7 Å². The molecule has 1 saturated heterocycles. The zero-order valence-corrected chi connectivity index (χ0v) is 37.6. The van der Waals surface area contributed by atoms with Gasteiger partial charge in [-0.05, 0) is 103 Å². The smallest absolute Gasteiger partial charge is 0.306 e. The van der Waals surface area contributed by atoms with Gasteiger partial charge in [-0.3, -0.25) is 14.4 Å². The number of hydrogen-bond acceptors (Lipinski definition) is 10. The minimum Gasteiger partial charge on any atom is -0.481 e. The third kappa shape index (κ3) is 10.3. The Morgan fingerprint density at radius 1 is 0.781 bits per heavy atom. The van der Waals surface area contributed by atoms with Crippen LogP contribution in [0.4, 0.5) is 22.7 Å². The lowest BCUT2D eigenvalue weighted by molar-refractivity contribution is -0.143. The number of aliphatic carboxylic acids is 1. The van der Waals surface area contributed by atoms with Crippen LogP contribution in [0.25, 0.3) is 33.4 Å². The highest BCUT2D eigenvalue weighted by molar-refractivity contribution is 7.89. The van der Waals surface area contributed by atoms with Crippen LogP contribution in [0.15, 0.2) is 123 Å². The van der Waals surface area contributed by atoms with Crippen molar-refractivity contribution >= 4 is 61.5 Å². The molecule has 16 heteroatoms. The Labute approximate surface area is 372 Å². The predicted octanol–water partition coefficient (Wildman–Crippen LogP) is 6.36. The van der Waals surface area contributed by atoms with E-state index in [0.717, 1.165) is 33.2 Å². The summed E-state index contributed by atoms with van der Waals surface area (Å²) in [5.74, 6) is -1.33. The van der Waals surface area contributed by atoms with Crippen LogP contribution in [0.1, 0.15) is 28.8 Å². The first-order chi connectivity index (χ1) is 30.6. The number of nitrogens with zero attached hydrogens (tertiary/aromatic N) is 6. The molecule has 3 N–H and O–H groups in total. The van der Waals surface area contributed by atoms with E-state index in [1.54, 1.807) is 29.2 Å². The lowest BCUT2D eigenvalue weighted by Gasteiger charge is -2.31. The van der Waals surface area contributed by atoms with Crippen molar-refractivity contribution in [2.75, 3.05) is 78.3 Å². The van der Waals surface area contributed by atoms with E-state index < -0.39 is 21.9 Å². The summed E-state index contributed by atoms with van der Waals surface area (Å²) in [6.07, 6.45) is 0.666. The molecule has 0 radical (unpaired) electrons. The summed E-state index contributed by atoms with van der Waals surface area (Å²) in [6.45, 7) is 0.588. The van der Waals surface area contributed by atoms with Crippen LogP contribution in [0.5, 0.6) is 0 Å². The van der Waals surface area contributed by atoms with Crippen LogP contribution in [0.2, 0.25) is 0 Å². The molecule has 0 bridgehead atoms. The number of carboxylic acid groups (broad SMARTS) is 1. The molecule has 0 saturated carbocycles. The minimum atomic E-state index is -3.89. The average Bonchev–Trinajstić information content (AvgIpc) is 3.28. The van der Waals surface area contributed by atoms with E-state index in [0.29, 0.717) is 65.3 Å². The first-order valence-corrected chi connectivity index (χ1v) is 22.5. The number of carbonyl (C=O) groups is 3. The van der Waals surface area contributed by atoms with Gasteiger partial charge in [0.25, 0.3) is 5.91 Å². The summed E-state index contributed by atoms with van der Waals surface area (Å²) in [6, 6.07) is 30.8. The SMILES string of the molecule is CN(C)c1ccc(/N=N/c2ccc(S(=O)(=O)NCCNC(=O)Cc3ccc(C(=O)N4CCC(C(=O)O)CC4)c(-c4c5ccc(=[N+](C)C)cc-5oc5cc(N(C)C)ccc45)c3)cc2)cc1. The van der Waals surface area contributed by atoms with E-state index >= 15 is 0 Å². The molecule has 2 amide bonds. The molecule has 64 heavy (non-hydrogen) atoms. The van der Waals surface area contributed by atoms with E-state index in [1.165, 1.54) is 12.1 Å². The summed E-state index contributed by atoms with van der Waals surface area (Å²) < 4.78 is 37.3. The maximum absolute atomic E-state index is 14.4. The molecule has 7 rings (SSSR count). The summed E-state index contributed by atoms with van der Waals surface area (Å²) >= 11 is 0. The third-order valence-electron chi connectivity index (χ3n) is 11.3. The van der Waals surface area contributed by atoms with Gasteiger partial charge < -0.3 is 29.5 Å². The van der Waals surface area contributed by atoms with Crippen LogP contribution < -0.4 is 29.8 Å². The first kappa shape index (κ1) is 45.1. The third-order valence-corrected chi connectivity index (χ3v) is 12.8. The highest BCUT2D eigenvalue weighted by atomic mass is 32.2. The number of hydrogen-bond donors (Lipinski definition) is 3. The molecule has 0 unspecified atom stereocenters. The van der Waals surface area contributed by atoms with Gasteiger partial charge in [-0.1, -0.05) is 6.07 Å². The van der Waals surface area contributed by atoms with E-state index in [9.17, 15) is 27.9 Å². The number of anilines is 2. The molecular weight excluding hydrogens is 833 g/mol. The normalized spacial score (nSPS) is 13.4. The highest BCUT2D eigenvalue weighted by Gasteiger charge is 2.30. The van der Waals surface area contributed by atoms with Crippen molar-refractivity contribution in [3.05, 3.63) is 120 Å². The number of nitrogens with one attached hydrogen (secondary N) is 2. The van der Waals surface area contributed by atoms with Crippen LogP contribution in [0.3, 0.4) is 0 Å². The number of likely N-dealkylation sites (tertiary alicyclic amines) is 1. The van der Waals surface area contributed by atoms with Crippen molar-refractivity contribution in [3.8, 4) is 22.5 Å². The Bertz CT molecular complexity index is 2880. The van der Waals surface area contributed by atoms with E-state index in [-0.39, 0.29) is 36.2 Å². The van der Waals surface area contributed by atoms with Crippen LogP contribution in [-0.2, 0) is 26.0 Å². The number of carboxylic acids is 1. The summed E-state index contributed by atoms with van der Waals surface area (Å²) in [5.41, 5.74) is 6.91. The Morgan fingerprint density at radius 2 is 1.42 bits per heavy atom. The maximum atomic E-state index is 14.4. The Hall–Kier alpha value is -6.91. The quantitative estimate of drug-likeness (QED) is 0.0486. The number of piperidine rings is 1. The predicted molar refractivity (Wildman–Crippen MR) is 249 cm³/mol. The fraction of sp³-hybridized carbons (Fsp3) is 0.292. The summed E-state index contributed by atoms with van der Waals surface area (Å²) in [4.78, 5) is 45.3. The van der Waals surface area contributed by atoms with Gasteiger partial charge in [-0.15, -0.1) is 0 Å². The number of amides is 2. The Morgan fingerprint density at radius 3 is 2.05 bits per heavy atom. The highest BCUT2D eigenvalue weighted by Crippen LogP contribution is 2.43. The van der Waals surface area contributed by atoms with Gasteiger partial charge >= 0.3 is 5.97 Å². The molecule has 4 aromatic carbocycles. The number of sulfonamides is 1. The van der Waals surface area contributed by atoms with Gasteiger partial charge in [-0.25, -0.2) is 17.7 Å². The molecule has 1 fully saturated rings. The number of rotatable bonds is 14. The van der Waals surface area contributed by atoms with Crippen LogP contribution in [-0.4, -0.2) is 105 Å². The second-order valence-electron chi connectivity index (χ2n) is 16.4. The fourth-order valence-corrected chi connectivity index (χ4v) is 8.68. The van der Waals surface area contributed by atoms with Gasteiger partial charge in [0.15, 0.2) is 0 Å². The number of fused-ring (bicyclic) bond motifs is 2. The molecule has 2 heterocycles. The lowest BCUT2D eigenvalue weighted by atomic mass is 9.88. The Kier molecular flexibility index (Phi) is 13.6. The average molecular weight is 886 g/mol. The lowest BCUT2D eigenvalue weighted by Crippen LogP contribution is -2.40. The number of azo groups is 1. The molecule has 332 valence electrons. The molecule has 1 aliphatic carbocycles. The molecule has 0 aromatic heterocycles. The molecular formula is C48H53N8O7S+. The zero-order valence-electron chi connectivity index (χ0n) is 36.8. The van der Waals surface area contributed by atoms with Crippen molar-refractivity contribution in [2.45, 2.75) is 24.2 Å². The summed E-state index contributed by atoms with van der Waals surface area (Å²) in [5, 5.41) is 22.6. The Balaban J connectivity index is 1.10. The molecule has 0 atom stereocenters. The number of benzene rings is 5. The van der Waals surface area contributed by atoms with Crippen molar-refractivity contribution in [2.24, 2.45) is 16.1 Å². The second kappa shape index (κ2) is 19.2. The molecule has 3 aliphatic rings.